The SMILES string of the molecule is CC(C(=O)NC(C)(C)CN)c1cccs1. The molecule has 15 heavy (non-hydrogen) atoms. The van der Waals surface area contributed by atoms with E-state index in [-0.39, 0.29) is 17.4 Å². The Morgan fingerprint density at radius 3 is 2.80 bits per heavy atom. The van der Waals surface area contributed by atoms with Gasteiger partial charge in [-0.2, -0.15) is 0 Å². The molecule has 0 saturated carbocycles. The fourth-order valence-electron chi connectivity index (χ4n) is 1.16. The summed E-state index contributed by atoms with van der Waals surface area (Å²) < 4.78 is 0. The van der Waals surface area contributed by atoms with Crippen LogP contribution in [0.5, 0.6) is 0 Å². The molecular formula is C11H18N2OS. The number of carbonyl (C=O) groups excluding carboxylic acids is 1. The molecule has 0 radical (unpaired) electrons. The van der Waals surface area contributed by atoms with Crippen LogP contribution >= 0.6 is 11.3 Å². The number of hydrogen-bond donors (Lipinski definition) is 2. The number of hydrogen-bond acceptors (Lipinski definition) is 3. The lowest BCUT2D eigenvalue weighted by atomic mass is 10.0. The van der Waals surface area contributed by atoms with Gasteiger partial charge in [0.1, 0.15) is 0 Å². The van der Waals surface area contributed by atoms with Crippen molar-refractivity contribution in [1.82, 2.24) is 5.32 Å². The third kappa shape index (κ3) is 3.32. The van der Waals surface area contributed by atoms with Gasteiger partial charge >= 0.3 is 0 Å². The minimum atomic E-state index is -0.331. The van der Waals surface area contributed by atoms with Crippen LogP contribution in [0.2, 0.25) is 0 Å². The molecule has 4 heteroatoms. The van der Waals surface area contributed by atoms with Crippen molar-refractivity contribution in [2.24, 2.45) is 5.73 Å². The highest BCUT2D eigenvalue weighted by Crippen LogP contribution is 2.21. The average molecular weight is 226 g/mol. The molecule has 0 fully saturated rings. The van der Waals surface area contributed by atoms with Crippen LogP contribution in [0.4, 0.5) is 0 Å². The zero-order valence-corrected chi connectivity index (χ0v) is 10.2. The molecule has 0 aliphatic rings. The fraction of sp³-hybridized carbons (Fsp3) is 0.545. The van der Waals surface area contributed by atoms with Crippen LogP contribution in [0, 0.1) is 0 Å². The maximum absolute atomic E-state index is 11.9. The average Bonchev–Trinajstić information content (AvgIpc) is 2.68. The molecule has 1 unspecified atom stereocenters. The Morgan fingerprint density at radius 2 is 2.33 bits per heavy atom. The first-order valence-corrected chi connectivity index (χ1v) is 5.90. The molecule has 3 nitrogen and oxygen atoms in total. The van der Waals surface area contributed by atoms with Gasteiger partial charge in [0.2, 0.25) is 5.91 Å². The van der Waals surface area contributed by atoms with Gasteiger partial charge in [-0.1, -0.05) is 6.07 Å². The molecular weight excluding hydrogens is 208 g/mol. The lowest BCUT2D eigenvalue weighted by molar-refractivity contribution is -0.123. The van der Waals surface area contributed by atoms with Crippen molar-refractivity contribution in [3.63, 3.8) is 0 Å². The summed E-state index contributed by atoms with van der Waals surface area (Å²) in [5, 5.41) is 4.92. The highest BCUT2D eigenvalue weighted by atomic mass is 32.1. The molecule has 1 atom stereocenters. The van der Waals surface area contributed by atoms with Gasteiger partial charge in [0.05, 0.1) is 5.92 Å². The van der Waals surface area contributed by atoms with E-state index < -0.39 is 0 Å². The van der Waals surface area contributed by atoms with Crippen molar-refractivity contribution in [3.05, 3.63) is 22.4 Å². The van der Waals surface area contributed by atoms with Gasteiger partial charge in [0, 0.05) is 17.0 Å². The first-order chi connectivity index (χ1) is 6.96. The molecule has 0 aromatic carbocycles. The first kappa shape index (κ1) is 12.2. The van der Waals surface area contributed by atoms with Crippen molar-refractivity contribution in [2.75, 3.05) is 6.54 Å². The molecule has 84 valence electrons. The number of rotatable bonds is 4. The van der Waals surface area contributed by atoms with Crippen molar-refractivity contribution >= 4 is 17.2 Å². The summed E-state index contributed by atoms with van der Waals surface area (Å²) >= 11 is 1.60. The molecule has 0 aliphatic carbocycles. The third-order valence-electron chi connectivity index (χ3n) is 2.34. The zero-order chi connectivity index (χ0) is 11.5. The van der Waals surface area contributed by atoms with Crippen LogP contribution in [-0.2, 0) is 4.79 Å². The van der Waals surface area contributed by atoms with Crippen LogP contribution in [-0.4, -0.2) is 18.0 Å². The summed E-state index contributed by atoms with van der Waals surface area (Å²) in [6.45, 7) is 6.20. The largest absolute Gasteiger partial charge is 0.349 e. The van der Waals surface area contributed by atoms with Gasteiger partial charge in [-0.05, 0) is 32.2 Å². The second-order valence-corrected chi connectivity index (χ2v) is 5.29. The van der Waals surface area contributed by atoms with Crippen molar-refractivity contribution in [1.29, 1.82) is 0 Å². The molecule has 3 N–H and O–H groups in total. The van der Waals surface area contributed by atoms with E-state index in [0.717, 1.165) is 4.88 Å². The Hall–Kier alpha value is -0.870. The third-order valence-corrected chi connectivity index (χ3v) is 3.39. The summed E-state index contributed by atoms with van der Waals surface area (Å²) in [4.78, 5) is 12.9. The van der Waals surface area contributed by atoms with E-state index in [0.29, 0.717) is 6.54 Å². The van der Waals surface area contributed by atoms with E-state index in [1.807, 2.05) is 38.3 Å². The summed E-state index contributed by atoms with van der Waals surface area (Å²) in [6.07, 6.45) is 0. The number of carbonyl (C=O) groups is 1. The Bertz CT molecular complexity index is 319. The monoisotopic (exact) mass is 226 g/mol. The second kappa shape index (κ2) is 4.77. The summed E-state index contributed by atoms with van der Waals surface area (Å²) in [6, 6.07) is 3.93. The van der Waals surface area contributed by atoms with E-state index in [2.05, 4.69) is 5.32 Å². The highest BCUT2D eigenvalue weighted by molar-refractivity contribution is 7.10. The predicted molar refractivity (Wildman–Crippen MR) is 64.0 cm³/mol. The van der Waals surface area contributed by atoms with Gasteiger partial charge in [-0.15, -0.1) is 11.3 Å². The van der Waals surface area contributed by atoms with E-state index in [1.54, 1.807) is 11.3 Å². The smallest absolute Gasteiger partial charge is 0.228 e. The molecule has 1 amide bonds. The fourth-order valence-corrected chi connectivity index (χ4v) is 1.94. The minimum Gasteiger partial charge on any atom is -0.349 e. The van der Waals surface area contributed by atoms with E-state index >= 15 is 0 Å². The lowest BCUT2D eigenvalue weighted by Crippen LogP contribution is -2.50. The Labute approximate surface area is 94.7 Å². The zero-order valence-electron chi connectivity index (χ0n) is 9.41. The number of amides is 1. The second-order valence-electron chi connectivity index (χ2n) is 4.31. The van der Waals surface area contributed by atoms with Gasteiger partial charge in [-0.3, -0.25) is 4.79 Å². The first-order valence-electron chi connectivity index (χ1n) is 5.02. The van der Waals surface area contributed by atoms with Crippen molar-refractivity contribution in [2.45, 2.75) is 32.2 Å². The molecule has 1 aromatic heterocycles. The normalized spacial score (nSPS) is 13.6. The van der Waals surface area contributed by atoms with Crippen LogP contribution in [0.1, 0.15) is 31.6 Å². The minimum absolute atomic E-state index is 0.0351. The summed E-state index contributed by atoms with van der Waals surface area (Å²) in [5.41, 5.74) is 5.23. The Balaban J connectivity index is 2.62. The van der Waals surface area contributed by atoms with Crippen molar-refractivity contribution in [3.8, 4) is 0 Å². The Kier molecular flexibility index (Phi) is 3.88. The van der Waals surface area contributed by atoms with Crippen LogP contribution in [0.3, 0.4) is 0 Å². The summed E-state index contributed by atoms with van der Waals surface area (Å²) in [5.74, 6) is -0.0660. The van der Waals surface area contributed by atoms with Crippen LogP contribution < -0.4 is 11.1 Å². The van der Waals surface area contributed by atoms with E-state index in [4.69, 9.17) is 5.73 Å². The van der Waals surface area contributed by atoms with Gasteiger partial charge in [0.25, 0.3) is 0 Å². The lowest BCUT2D eigenvalue weighted by Gasteiger charge is -2.25. The summed E-state index contributed by atoms with van der Waals surface area (Å²) in [7, 11) is 0. The van der Waals surface area contributed by atoms with Gasteiger partial charge in [0.15, 0.2) is 0 Å². The molecule has 1 rings (SSSR count). The quantitative estimate of drug-likeness (QED) is 0.821. The number of thiophene rings is 1. The maximum Gasteiger partial charge on any atom is 0.228 e. The topological polar surface area (TPSA) is 55.1 Å². The van der Waals surface area contributed by atoms with Crippen LogP contribution in [0.15, 0.2) is 17.5 Å². The van der Waals surface area contributed by atoms with Crippen molar-refractivity contribution < 1.29 is 4.79 Å². The number of nitrogens with two attached hydrogens (primary N) is 1. The molecule has 0 spiro atoms. The Morgan fingerprint density at radius 1 is 1.67 bits per heavy atom. The molecule has 1 heterocycles. The standard InChI is InChI=1S/C11H18N2OS/c1-8(9-5-4-6-15-9)10(14)13-11(2,3)7-12/h4-6,8H,7,12H2,1-3H3,(H,13,14). The van der Waals surface area contributed by atoms with Crippen LogP contribution in [0.25, 0.3) is 0 Å². The van der Waals surface area contributed by atoms with Gasteiger partial charge < -0.3 is 11.1 Å². The molecule has 0 saturated heterocycles. The maximum atomic E-state index is 11.9. The number of nitrogens with one attached hydrogen (secondary N) is 1. The predicted octanol–water partition coefficient (Wildman–Crippen LogP) is 1.71. The molecule has 0 bridgehead atoms. The van der Waals surface area contributed by atoms with E-state index in [9.17, 15) is 4.79 Å². The molecule has 1 aromatic rings. The highest BCUT2D eigenvalue weighted by Gasteiger charge is 2.23. The molecule has 0 aliphatic heterocycles. The van der Waals surface area contributed by atoms with Gasteiger partial charge in [-0.25, -0.2) is 0 Å². The van der Waals surface area contributed by atoms with E-state index in [1.165, 1.54) is 0 Å².